The molecule has 0 spiro atoms. The number of aryl methyl sites for hydroxylation is 1. The van der Waals surface area contributed by atoms with E-state index >= 15 is 0 Å². The van der Waals surface area contributed by atoms with Gasteiger partial charge in [0, 0.05) is 22.8 Å². The fourth-order valence-corrected chi connectivity index (χ4v) is 5.03. The van der Waals surface area contributed by atoms with Crippen molar-refractivity contribution in [3.8, 4) is 0 Å². The highest BCUT2D eigenvalue weighted by Crippen LogP contribution is 2.46. The van der Waals surface area contributed by atoms with Gasteiger partial charge in [-0.05, 0) is 57.2 Å². The summed E-state index contributed by atoms with van der Waals surface area (Å²) in [7, 11) is 0. The Morgan fingerprint density at radius 2 is 2.11 bits per heavy atom. The Morgan fingerprint density at radius 3 is 2.78 bits per heavy atom. The Kier molecular flexibility index (Phi) is 6.17. The zero-order chi connectivity index (χ0) is 19.7. The molecule has 8 heteroatoms. The van der Waals surface area contributed by atoms with Gasteiger partial charge in [0.05, 0.1) is 11.3 Å². The number of thioether (sulfide) groups is 2. The molecule has 1 aromatic carbocycles. The molecule has 1 aliphatic rings. The van der Waals surface area contributed by atoms with Crippen LogP contribution in [-0.2, 0) is 17.5 Å². The second kappa shape index (κ2) is 8.09. The molecule has 148 valence electrons. The molecule has 2 unspecified atom stereocenters. The van der Waals surface area contributed by atoms with Crippen molar-refractivity contribution in [2.75, 3.05) is 12.9 Å². The van der Waals surface area contributed by atoms with E-state index in [4.69, 9.17) is 4.74 Å². The predicted octanol–water partition coefficient (Wildman–Crippen LogP) is 6.05. The third-order valence-electron chi connectivity index (χ3n) is 4.72. The maximum absolute atomic E-state index is 13.0. The van der Waals surface area contributed by atoms with E-state index in [2.05, 4.69) is 18.1 Å². The van der Waals surface area contributed by atoms with Crippen LogP contribution in [0.2, 0.25) is 0 Å². The lowest BCUT2D eigenvalue weighted by Gasteiger charge is -2.38. The predicted molar refractivity (Wildman–Crippen MR) is 103 cm³/mol. The van der Waals surface area contributed by atoms with E-state index in [0.717, 1.165) is 36.2 Å². The first-order valence-electron chi connectivity index (χ1n) is 8.84. The van der Waals surface area contributed by atoms with Gasteiger partial charge in [0.25, 0.3) is 0 Å². The lowest BCUT2D eigenvalue weighted by Crippen LogP contribution is -2.32. The van der Waals surface area contributed by atoms with Gasteiger partial charge < -0.3 is 4.74 Å². The Hall–Kier alpha value is -1.12. The van der Waals surface area contributed by atoms with Crippen molar-refractivity contribution in [2.45, 2.75) is 60.2 Å². The lowest BCUT2D eigenvalue weighted by atomic mass is 9.95. The first kappa shape index (κ1) is 20.6. The van der Waals surface area contributed by atoms with Crippen LogP contribution in [0.1, 0.15) is 44.1 Å². The molecular formula is C19H23F3N2OS2. The third kappa shape index (κ3) is 4.84. The monoisotopic (exact) mass is 416 g/mol. The molecule has 0 bridgehead atoms. The third-order valence-corrected chi connectivity index (χ3v) is 6.69. The Labute approximate surface area is 166 Å². The second-order valence-corrected chi connectivity index (χ2v) is 9.31. The summed E-state index contributed by atoms with van der Waals surface area (Å²) in [6, 6.07) is 7.63. The van der Waals surface area contributed by atoms with E-state index in [9.17, 15) is 13.2 Å². The van der Waals surface area contributed by atoms with E-state index in [1.165, 1.54) is 23.9 Å². The summed E-state index contributed by atoms with van der Waals surface area (Å²) < 4.78 is 46.8. The van der Waals surface area contributed by atoms with Gasteiger partial charge in [-0.15, -0.1) is 23.5 Å². The fraction of sp³-hybridized carbons (Fsp3) is 0.526. The van der Waals surface area contributed by atoms with Crippen LogP contribution in [-0.4, -0.2) is 27.4 Å². The largest absolute Gasteiger partial charge is 0.416 e. The summed E-state index contributed by atoms with van der Waals surface area (Å²) in [6.45, 7) is 5.49. The SMILES string of the molecule is CCn1nc(SC)cc1C1CC(C)(Sc2cccc(C(F)(F)F)c2)CCO1. The smallest absolute Gasteiger partial charge is 0.372 e. The highest BCUT2D eigenvalue weighted by Gasteiger charge is 2.37. The number of alkyl halides is 3. The molecule has 3 nitrogen and oxygen atoms in total. The maximum Gasteiger partial charge on any atom is 0.416 e. The minimum atomic E-state index is -4.32. The van der Waals surface area contributed by atoms with Crippen LogP contribution in [0.15, 0.2) is 40.3 Å². The van der Waals surface area contributed by atoms with Crippen LogP contribution in [0, 0.1) is 0 Å². The van der Waals surface area contributed by atoms with E-state index in [1.807, 2.05) is 17.9 Å². The van der Waals surface area contributed by atoms with Crippen LogP contribution in [0.3, 0.4) is 0 Å². The van der Waals surface area contributed by atoms with Gasteiger partial charge in [-0.3, -0.25) is 4.68 Å². The van der Waals surface area contributed by atoms with Gasteiger partial charge in [-0.25, -0.2) is 0 Å². The molecule has 0 saturated carbocycles. The highest BCUT2D eigenvalue weighted by atomic mass is 32.2. The number of benzene rings is 1. The molecular weight excluding hydrogens is 393 g/mol. The molecule has 2 atom stereocenters. The van der Waals surface area contributed by atoms with Crippen molar-refractivity contribution >= 4 is 23.5 Å². The zero-order valence-corrected chi connectivity index (χ0v) is 17.2. The molecule has 0 amide bonds. The van der Waals surface area contributed by atoms with Crippen molar-refractivity contribution in [1.29, 1.82) is 0 Å². The molecule has 1 aromatic heterocycles. The summed E-state index contributed by atoms with van der Waals surface area (Å²) >= 11 is 3.10. The van der Waals surface area contributed by atoms with Gasteiger partial charge >= 0.3 is 6.18 Å². The van der Waals surface area contributed by atoms with Gasteiger partial charge in [-0.1, -0.05) is 6.07 Å². The summed E-state index contributed by atoms with van der Waals surface area (Å²) in [5, 5.41) is 5.51. The maximum atomic E-state index is 13.0. The molecule has 0 radical (unpaired) electrons. The van der Waals surface area contributed by atoms with Crippen LogP contribution < -0.4 is 0 Å². The van der Waals surface area contributed by atoms with Crippen LogP contribution >= 0.6 is 23.5 Å². The second-order valence-electron chi connectivity index (χ2n) is 6.82. The van der Waals surface area contributed by atoms with E-state index in [-0.39, 0.29) is 10.9 Å². The van der Waals surface area contributed by atoms with Crippen LogP contribution in [0.5, 0.6) is 0 Å². The first-order chi connectivity index (χ1) is 12.7. The number of hydrogen-bond donors (Lipinski definition) is 0. The number of hydrogen-bond acceptors (Lipinski definition) is 4. The molecule has 27 heavy (non-hydrogen) atoms. The van der Waals surface area contributed by atoms with E-state index in [1.54, 1.807) is 17.8 Å². The quantitative estimate of drug-likeness (QED) is 0.555. The van der Waals surface area contributed by atoms with Crippen molar-refractivity contribution in [2.24, 2.45) is 0 Å². The molecule has 0 aliphatic carbocycles. The summed E-state index contributed by atoms with van der Waals surface area (Å²) in [5.74, 6) is 0. The highest BCUT2D eigenvalue weighted by molar-refractivity contribution is 8.00. The minimum Gasteiger partial charge on any atom is -0.372 e. The molecule has 1 aliphatic heterocycles. The number of nitrogens with zero attached hydrogens (tertiary/aromatic N) is 2. The van der Waals surface area contributed by atoms with Crippen molar-refractivity contribution in [1.82, 2.24) is 9.78 Å². The Balaban J connectivity index is 1.80. The summed E-state index contributed by atoms with van der Waals surface area (Å²) in [5.41, 5.74) is 0.436. The van der Waals surface area contributed by atoms with Gasteiger partial charge in [-0.2, -0.15) is 18.3 Å². The van der Waals surface area contributed by atoms with Gasteiger partial charge in [0.1, 0.15) is 11.1 Å². The minimum absolute atomic E-state index is 0.101. The Bertz CT molecular complexity index is 794. The van der Waals surface area contributed by atoms with Gasteiger partial charge in [0.15, 0.2) is 0 Å². The first-order valence-corrected chi connectivity index (χ1v) is 10.9. The number of ether oxygens (including phenoxy) is 1. The van der Waals surface area contributed by atoms with Crippen molar-refractivity contribution < 1.29 is 17.9 Å². The van der Waals surface area contributed by atoms with Crippen LogP contribution in [0.4, 0.5) is 13.2 Å². The van der Waals surface area contributed by atoms with E-state index in [0.29, 0.717) is 11.5 Å². The summed E-state index contributed by atoms with van der Waals surface area (Å²) in [6.07, 6.45) is -0.915. The molecule has 0 N–H and O–H groups in total. The normalized spacial score (nSPS) is 23.6. The fourth-order valence-electron chi connectivity index (χ4n) is 3.29. The average Bonchev–Trinajstić information content (AvgIpc) is 3.04. The standard InChI is InChI=1S/C19H23F3N2OS2/c1-4-24-15(11-17(23-24)26-3)16-12-18(2,8-9-25-16)27-14-7-5-6-13(10-14)19(20,21)22/h5-7,10-11,16H,4,8-9,12H2,1-3H3. The zero-order valence-electron chi connectivity index (χ0n) is 15.5. The van der Waals surface area contributed by atoms with Crippen molar-refractivity contribution in [3.05, 3.63) is 41.6 Å². The number of aromatic nitrogens is 2. The Morgan fingerprint density at radius 1 is 1.33 bits per heavy atom. The lowest BCUT2D eigenvalue weighted by molar-refractivity contribution is -0.137. The topological polar surface area (TPSA) is 27.1 Å². The number of rotatable bonds is 5. The molecule has 2 heterocycles. The molecule has 1 saturated heterocycles. The summed E-state index contributed by atoms with van der Waals surface area (Å²) in [4.78, 5) is 0.641. The number of halogens is 3. The van der Waals surface area contributed by atoms with E-state index < -0.39 is 11.7 Å². The van der Waals surface area contributed by atoms with Gasteiger partial charge in [0.2, 0.25) is 0 Å². The van der Waals surface area contributed by atoms with Crippen molar-refractivity contribution in [3.63, 3.8) is 0 Å². The molecule has 3 rings (SSSR count). The molecule has 2 aromatic rings. The molecule has 1 fully saturated rings. The average molecular weight is 417 g/mol. The van der Waals surface area contributed by atoms with Crippen LogP contribution in [0.25, 0.3) is 0 Å².